The number of carboxylic acids is 1. The number of allylic oxidation sites excluding steroid dienone is 2. The van der Waals surface area contributed by atoms with Crippen LogP contribution in [-0.2, 0) is 16.6 Å². The van der Waals surface area contributed by atoms with Gasteiger partial charge in [0, 0.05) is 11.1 Å². The summed E-state index contributed by atoms with van der Waals surface area (Å²) in [5.74, 6) is 0.695. The Hall–Kier alpha value is -3.14. The quantitative estimate of drug-likeness (QED) is 0.351. The van der Waals surface area contributed by atoms with Crippen molar-refractivity contribution < 1.29 is 14.4 Å². The van der Waals surface area contributed by atoms with E-state index in [-0.39, 0.29) is 0 Å². The van der Waals surface area contributed by atoms with Crippen LogP contribution in [0.5, 0.6) is 0 Å². The predicted octanol–water partition coefficient (Wildman–Crippen LogP) is 7.36. The second kappa shape index (κ2) is 9.38. The second-order valence-electron chi connectivity index (χ2n) is 9.79. The van der Waals surface area contributed by atoms with Crippen molar-refractivity contribution in [2.75, 3.05) is 0 Å². The van der Waals surface area contributed by atoms with Gasteiger partial charge in [-0.05, 0) is 75.5 Å². The van der Waals surface area contributed by atoms with Crippen LogP contribution in [-0.4, -0.2) is 16.2 Å². The molecule has 1 saturated carbocycles. The van der Waals surface area contributed by atoms with Crippen LogP contribution < -0.4 is 0 Å². The van der Waals surface area contributed by atoms with Crippen molar-refractivity contribution in [1.29, 1.82) is 0 Å². The van der Waals surface area contributed by atoms with Crippen LogP contribution in [0.25, 0.3) is 22.5 Å². The highest BCUT2D eigenvalue weighted by Gasteiger charge is 2.51. The van der Waals surface area contributed by atoms with Crippen molar-refractivity contribution in [2.45, 2.75) is 65.2 Å². The molecular weight excluding hydrogens is 410 g/mol. The van der Waals surface area contributed by atoms with Crippen LogP contribution in [0.2, 0.25) is 0 Å². The van der Waals surface area contributed by atoms with E-state index in [4.69, 9.17) is 4.52 Å². The van der Waals surface area contributed by atoms with Crippen LogP contribution in [0.1, 0.15) is 63.3 Å². The Morgan fingerprint density at radius 3 is 2.18 bits per heavy atom. The lowest BCUT2D eigenvalue weighted by atomic mass is 9.92. The number of rotatable bonds is 9. The molecule has 0 spiro atoms. The zero-order valence-electron chi connectivity index (χ0n) is 20.0. The van der Waals surface area contributed by atoms with Crippen molar-refractivity contribution in [3.05, 3.63) is 77.0 Å². The fourth-order valence-electron chi connectivity index (χ4n) is 4.51. The normalized spacial score (nSPS) is 15.2. The largest absolute Gasteiger partial charge is 0.481 e. The van der Waals surface area contributed by atoms with Crippen LogP contribution in [0.3, 0.4) is 0 Å². The molecule has 1 fully saturated rings. The van der Waals surface area contributed by atoms with E-state index in [9.17, 15) is 9.90 Å². The lowest BCUT2D eigenvalue weighted by molar-refractivity contribution is -0.140. The summed E-state index contributed by atoms with van der Waals surface area (Å²) >= 11 is 0. The molecule has 0 bridgehead atoms. The monoisotopic (exact) mass is 443 g/mol. The number of carboxylic acid groups (broad SMARTS) is 1. The van der Waals surface area contributed by atoms with E-state index in [1.165, 1.54) is 11.1 Å². The van der Waals surface area contributed by atoms with E-state index in [1.807, 2.05) is 31.2 Å². The van der Waals surface area contributed by atoms with Crippen molar-refractivity contribution in [3.63, 3.8) is 0 Å². The molecule has 1 aliphatic carbocycles. The summed E-state index contributed by atoms with van der Waals surface area (Å²) in [5, 5.41) is 13.8. The van der Waals surface area contributed by atoms with Gasteiger partial charge in [0.1, 0.15) is 0 Å². The third-order valence-electron chi connectivity index (χ3n) is 6.83. The van der Waals surface area contributed by atoms with Crippen molar-refractivity contribution in [3.8, 4) is 22.5 Å². The summed E-state index contributed by atoms with van der Waals surface area (Å²) < 4.78 is 5.74. The van der Waals surface area contributed by atoms with Gasteiger partial charge in [0.2, 0.25) is 0 Å². The van der Waals surface area contributed by atoms with Crippen LogP contribution in [0.15, 0.2) is 64.7 Å². The number of nitrogens with zero attached hydrogens (tertiary/aromatic N) is 1. The molecule has 0 aliphatic heterocycles. The highest BCUT2D eigenvalue weighted by molar-refractivity contribution is 5.85. The van der Waals surface area contributed by atoms with Gasteiger partial charge in [0.15, 0.2) is 5.76 Å². The minimum absolute atomic E-state index is 0.552. The van der Waals surface area contributed by atoms with E-state index < -0.39 is 11.4 Å². The molecule has 1 aliphatic rings. The van der Waals surface area contributed by atoms with Crippen LogP contribution in [0, 0.1) is 12.8 Å². The Balaban J connectivity index is 1.49. The molecule has 0 amide bonds. The molecule has 33 heavy (non-hydrogen) atoms. The summed E-state index contributed by atoms with van der Waals surface area (Å²) in [6.45, 7) is 8.60. The first-order valence-electron chi connectivity index (χ1n) is 11.8. The van der Waals surface area contributed by atoms with Crippen molar-refractivity contribution in [1.82, 2.24) is 5.16 Å². The molecule has 1 atom stereocenters. The first-order chi connectivity index (χ1) is 15.8. The topological polar surface area (TPSA) is 63.3 Å². The zero-order chi connectivity index (χ0) is 23.6. The molecule has 4 rings (SSSR count). The van der Waals surface area contributed by atoms with Gasteiger partial charge in [-0.1, -0.05) is 72.3 Å². The standard InChI is InChI=1S/C29H33NO3/c1-19(2)6-5-7-20(3)18-26-21(4)30-33-27(26)24-10-8-22(9-11-24)23-12-14-25(15-13-23)29(16-17-29)28(31)32/h6,8-15,20H,5,7,16-18H2,1-4H3,(H,31,32). The molecule has 0 radical (unpaired) electrons. The maximum absolute atomic E-state index is 11.6. The van der Waals surface area contributed by atoms with E-state index in [1.54, 1.807) is 0 Å². The number of benzene rings is 2. The third kappa shape index (κ3) is 4.95. The summed E-state index contributed by atoms with van der Waals surface area (Å²) in [5.41, 5.74) is 6.97. The summed E-state index contributed by atoms with van der Waals surface area (Å²) in [7, 11) is 0. The lowest BCUT2D eigenvalue weighted by Crippen LogP contribution is -2.19. The second-order valence-corrected chi connectivity index (χ2v) is 9.79. The maximum Gasteiger partial charge on any atom is 0.314 e. The molecule has 0 saturated heterocycles. The van der Waals surface area contributed by atoms with Crippen LogP contribution >= 0.6 is 0 Å². The molecule has 1 heterocycles. The van der Waals surface area contributed by atoms with E-state index in [0.717, 1.165) is 65.8 Å². The third-order valence-corrected chi connectivity index (χ3v) is 6.83. The minimum atomic E-state index is -0.719. The predicted molar refractivity (Wildman–Crippen MR) is 132 cm³/mol. The summed E-state index contributed by atoms with van der Waals surface area (Å²) in [6.07, 6.45) is 6.95. The highest BCUT2D eigenvalue weighted by atomic mass is 16.5. The van der Waals surface area contributed by atoms with Gasteiger partial charge in [-0.15, -0.1) is 0 Å². The Morgan fingerprint density at radius 2 is 1.64 bits per heavy atom. The zero-order valence-corrected chi connectivity index (χ0v) is 20.0. The van der Waals surface area contributed by atoms with Gasteiger partial charge in [-0.2, -0.15) is 0 Å². The molecule has 172 valence electrons. The molecule has 4 nitrogen and oxygen atoms in total. The SMILES string of the molecule is CC(C)=CCCC(C)Cc1c(C)noc1-c1ccc(-c2ccc(C3(C(=O)O)CC3)cc2)cc1. The van der Waals surface area contributed by atoms with Gasteiger partial charge in [-0.3, -0.25) is 4.79 Å². The molecule has 1 aromatic heterocycles. The number of aromatic nitrogens is 1. The molecular formula is C29H33NO3. The fourth-order valence-corrected chi connectivity index (χ4v) is 4.51. The Kier molecular flexibility index (Phi) is 6.55. The van der Waals surface area contributed by atoms with Gasteiger partial charge >= 0.3 is 5.97 Å². The van der Waals surface area contributed by atoms with Gasteiger partial charge in [0.25, 0.3) is 0 Å². The van der Waals surface area contributed by atoms with Crippen molar-refractivity contribution in [2.24, 2.45) is 5.92 Å². The lowest BCUT2D eigenvalue weighted by Gasteiger charge is -2.12. The average molecular weight is 444 g/mol. The fraction of sp³-hybridized carbons (Fsp3) is 0.379. The van der Waals surface area contributed by atoms with Crippen molar-refractivity contribution >= 4 is 5.97 Å². The Bertz CT molecular complexity index is 1140. The molecule has 2 aromatic carbocycles. The average Bonchev–Trinajstić information content (AvgIpc) is 3.54. The number of aryl methyl sites for hydroxylation is 1. The minimum Gasteiger partial charge on any atom is -0.481 e. The Morgan fingerprint density at radius 1 is 1.06 bits per heavy atom. The molecule has 1 unspecified atom stereocenters. The number of aliphatic carboxylic acids is 1. The number of hydrogen-bond acceptors (Lipinski definition) is 3. The summed E-state index contributed by atoms with van der Waals surface area (Å²) in [4.78, 5) is 11.6. The van der Waals surface area contributed by atoms with Gasteiger partial charge in [0.05, 0.1) is 11.1 Å². The van der Waals surface area contributed by atoms with Gasteiger partial charge < -0.3 is 9.63 Å². The molecule has 1 N–H and O–H groups in total. The smallest absolute Gasteiger partial charge is 0.314 e. The Labute approximate surface area is 196 Å². The summed E-state index contributed by atoms with van der Waals surface area (Å²) in [6, 6.07) is 16.3. The van der Waals surface area contributed by atoms with Crippen LogP contribution in [0.4, 0.5) is 0 Å². The molecule has 4 heteroatoms. The number of hydrogen-bond donors (Lipinski definition) is 1. The molecule has 3 aromatic rings. The van der Waals surface area contributed by atoms with E-state index in [0.29, 0.717) is 5.92 Å². The number of carbonyl (C=O) groups is 1. The van der Waals surface area contributed by atoms with Gasteiger partial charge in [-0.25, -0.2) is 0 Å². The van der Waals surface area contributed by atoms with E-state index >= 15 is 0 Å². The first kappa shape index (κ1) is 23.0. The van der Waals surface area contributed by atoms with E-state index in [2.05, 4.69) is 56.3 Å². The maximum atomic E-state index is 11.6. The highest BCUT2D eigenvalue weighted by Crippen LogP contribution is 2.48. The first-order valence-corrected chi connectivity index (χ1v) is 11.8.